The van der Waals surface area contributed by atoms with Gasteiger partial charge < -0.3 is 4.74 Å². The maximum absolute atomic E-state index is 13.3. The van der Waals surface area contributed by atoms with E-state index in [9.17, 15) is 14.4 Å². The molecular formula is C23H20N2O4S. The molecule has 6 nitrogen and oxygen atoms in total. The Morgan fingerprint density at radius 3 is 2.40 bits per heavy atom. The number of carbonyl (C=O) groups is 1. The summed E-state index contributed by atoms with van der Waals surface area (Å²) in [5.41, 5.74) is 2.72. The minimum atomic E-state index is -0.562. The fourth-order valence-electron chi connectivity index (χ4n) is 3.46. The predicted molar refractivity (Wildman–Crippen MR) is 117 cm³/mol. The van der Waals surface area contributed by atoms with Crippen LogP contribution in [0.4, 0.5) is 0 Å². The minimum absolute atomic E-state index is 0.123. The third kappa shape index (κ3) is 3.84. The van der Waals surface area contributed by atoms with Gasteiger partial charge in [0.05, 0.1) is 11.2 Å². The summed E-state index contributed by atoms with van der Waals surface area (Å²) in [5.74, 6) is -0.543. The largest absolute Gasteiger partial charge is 0.459 e. The Morgan fingerprint density at radius 1 is 1.00 bits per heavy atom. The lowest BCUT2D eigenvalue weighted by molar-refractivity contribution is -0.145. The molecule has 0 aliphatic rings. The van der Waals surface area contributed by atoms with Crippen molar-refractivity contribution in [2.45, 2.75) is 27.0 Å². The SMILES string of the molecule is Cc1cc(C)cc(-n2c(=O)c3sccc3n(CC(=O)OCc3ccccc3)c2=O)c1. The van der Waals surface area contributed by atoms with E-state index in [1.54, 1.807) is 23.6 Å². The normalized spacial score (nSPS) is 11.0. The fourth-order valence-corrected chi connectivity index (χ4v) is 4.28. The highest BCUT2D eigenvalue weighted by atomic mass is 32.1. The van der Waals surface area contributed by atoms with Gasteiger partial charge in [-0.3, -0.25) is 14.2 Å². The van der Waals surface area contributed by atoms with E-state index in [0.29, 0.717) is 15.9 Å². The Bertz CT molecular complexity index is 1330. The second-order valence-corrected chi connectivity index (χ2v) is 8.05. The summed E-state index contributed by atoms with van der Waals surface area (Å²) in [5, 5.41) is 1.74. The summed E-state index contributed by atoms with van der Waals surface area (Å²) < 4.78 is 8.20. The van der Waals surface area contributed by atoms with E-state index in [1.807, 2.05) is 50.2 Å². The maximum atomic E-state index is 13.3. The molecule has 0 saturated heterocycles. The molecular weight excluding hydrogens is 400 g/mol. The number of thiophene rings is 1. The molecule has 0 unspecified atom stereocenters. The van der Waals surface area contributed by atoms with Gasteiger partial charge in [0.15, 0.2) is 0 Å². The number of aromatic nitrogens is 2. The highest BCUT2D eigenvalue weighted by Gasteiger charge is 2.18. The lowest BCUT2D eigenvalue weighted by Crippen LogP contribution is -2.39. The molecule has 0 spiro atoms. The molecule has 7 heteroatoms. The van der Waals surface area contributed by atoms with E-state index in [2.05, 4.69) is 0 Å². The van der Waals surface area contributed by atoms with Crippen LogP contribution in [-0.4, -0.2) is 15.1 Å². The van der Waals surface area contributed by atoms with Gasteiger partial charge in [-0.15, -0.1) is 11.3 Å². The summed E-state index contributed by atoms with van der Waals surface area (Å²) in [6.07, 6.45) is 0. The summed E-state index contributed by atoms with van der Waals surface area (Å²) in [4.78, 5) is 38.8. The first-order valence-electron chi connectivity index (χ1n) is 9.45. The Balaban J connectivity index is 1.74. The van der Waals surface area contributed by atoms with Crippen LogP contribution < -0.4 is 11.2 Å². The van der Waals surface area contributed by atoms with Gasteiger partial charge in [-0.05, 0) is 54.1 Å². The maximum Gasteiger partial charge on any atom is 0.336 e. The van der Waals surface area contributed by atoms with E-state index < -0.39 is 11.7 Å². The second-order valence-electron chi connectivity index (χ2n) is 7.14. The highest BCUT2D eigenvalue weighted by molar-refractivity contribution is 7.17. The average molecular weight is 420 g/mol. The number of benzene rings is 2. The smallest absolute Gasteiger partial charge is 0.336 e. The lowest BCUT2D eigenvalue weighted by atomic mass is 10.1. The van der Waals surface area contributed by atoms with Crippen LogP contribution in [0.1, 0.15) is 16.7 Å². The molecule has 0 atom stereocenters. The van der Waals surface area contributed by atoms with E-state index in [-0.39, 0.29) is 18.7 Å². The van der Waals surface area contributed by atoms with Crippen LogP contribution in [0.2, 0.25) is 0 Å². The lowest BCUT2D eigenvalue weighted by Gasteiger charge is -2.13. The summed E-state index contributed by atoms with van der Waals surface area (Å²) in [6.45, 7) is 3.66. The number of esters is 1. The zero-order valence-corrected chi connectivity index (χ0v) is 17.4. The van der Waals surface area contributed by atoms with Crippen molar-refractivity contribution in [3.05, 3.63) is 97.5 Å². The van der Waals surface area contributed by atoms with E-state index in [0.717, 1.165) is 21.3 Å². The van der Waals surface area contributed by atoms with Crippen molar-refractivity contribution in [2.24, 2.45) is 0 Å². The quantitative estimate of drug-likeness (QED) is 0.463. The standard InChI is InChI=1S/C23H20N2O4S/c1-15-10-16(2)12-18(11-15)25-22(27)21-19(8-9-30-21)24(23(25)28)13-20(26)29-14-17-6-4-3-5-7-17/h3-12H,13-14H2,1-2H3. The van der Waals surface area contributed by atoms with Crippen molar-refractivity contribution in [3.63, 3.8) is 0 Å². The molecule has 4 rings (SSSR count). The van der Waals surface area contributed by atoms with Crippen LogP contribution in [0.5, 0.6) is 0 Å². The van der Waals surface area contributed by atoms with Crippen LogP contribution in [0, 0.1) is 13.8 Å². The molecule has 0 radical (unpaired) electrons. The number of fused-ring (bicyclic) bond motifs is 1. The first-order chi connectivity index (χ1) is 14.4. The van der Waals surface area contributed by atoms with Gasteiger partial charge >= 0.3 is 11.7 Å². The minimum Gasteiger partial charge on any atom is -0.459 e. The van der Waals surface area contributed by atoms with Crippen LogP contribution in [0.25, 0.3) is 15.9 Å². The molecule has 0 aliphatic heterocycles. The van der Waals surface area contributed by atoms with Gasteiger partial charge in [0.1, 0.15) is 17.9 Å². The summed E-state index contributed by atoms with van der Waals surface area (Å²) >= 11 is 1.25. The van der Waals surface area contributed by atoms with E-state index >= 15 is 0 Å². The molecule has 2 aromatic heterocycles. The van der Waals surface area contributed by atoms with Gasteiger partial charge in [-0.25, -0.2) is 9.36 Å². The van der Waals surface area contributed by atoms with Crippen LogP contribution >= 0.6 is 11.3 Å². The van der Waals surface area contributed by atoms with Crippen molar-refractivity contribution in [2.75, 3.05) is 0 Å². The van der Waals surface area contributed by atoms with Crippen molar-refractivity contribution in [1.82, 2.24) is 9.13 Å². The molecule has 152 valence electrons. The van der Waals surface area contributed by atoms with Gasteiger partial charge in [0.25, 0.3) is 5.56 Å². The number of hydrogen-bond donors (Lipinski definition) is 0. The molecule has 30 heavy (non-hydrogen) atoms. The van der Waals surface area contributed by atoms with Crippen LogP contribution in [0.15, 0.2) is 69.6 Å². The Kier molecular flexibility index (Phi) is 5.37. The summed E-state index contributed by atoms with van der Waals surface area (Å²) in [6, 6.07) is 16.5. The van der Waals surface area contributed by atoms with Crippen LogP contribution in [0.3, 0.4) is 0 Å². The number of rotatable bonds is 5. The van der Waals surface area contributed by atoms with Gasteiger partial charge in [-0.2, -0.15) is 0 Å². The summed E-state index contributed by atoms with van der Waals surface area (Å²) in [7, 11) is 0. The Labute approximate surface area is 176 Å². The fraction of sp³-hybridized carbons (Fsp3) is 0.174. The van der Waals surface area contributed by atoms with Gasteiger partial charge in [-0.1, -0.05) is 36.4 Å². The monoisotopic (exact) mass is 420 g/mol. The molecule has 4 aromatic rings. The molecule has 0 fully saturated rings. The number of nitrogens with zero attached hydrogens (tertiary/aromatic N) is 2. The van der Waals surface area contributed by atoms with Crippen LogP contribution in [-0.2, 0) is 22.7 Å². The Morgan fingerprint density at radius 2 is 1.70 bits per heavy atom. The molecule has 0 amide bonds. The molecule has 0 aliphatic carbocycles. The van der Waals surface area contributed by atoms with Crippen molar-refractivity contribution in [3.8, 4) is 5.69 Å². The first-order valence-corrected chi connectivity index (χ1v) is 10.3. The molecule has 0 saturated carbocycles. The van der Waals surface area contributed by atoms with Gasteiger partial charge in [0.2, 0.25) is 0 Å². The Hall–Kier alpha value is -3.45. The number of hydrogen-bond acceptors (Lipinski definition) is 5. The second kappa shape index (κ2) is 8.12. The van der Waals surface area contributed by atoms with Gasteiger partial charge in [0, 0.05) is 0 Å². The third-order valence-electron chi connectivity index (χ3n) is 4.75. The van der Waals surface area contributed by atoms with E-state index in [1.165, 1.54) is 15.9 Å². The number of carbonyl (C=O) groups excluding carboxylic acids is 1. The van der Waals surface area contributed by atoms with Crippen molar-refractivity contribution < 1.29 is 9.53 Å². The molecule has 0 N–H and O–H groups in total. The molecule has 2 heterocycles. The average Bonchev–Trinajstić information content (AvgIpc) is 3.20. The van der Waals surface area contributed by atoms with Crippen molar-refractivity contribution in [1.29, 1.82) is 0 Å². The highest BCUT2D eigenvalue weighted by Crippen LogP contribution is 2.18. The number of aryl methyl sites for hydroxylation is 2. The van der Waals surface area contributed by atoms with E-state index in [4.69, 9.17) is 4.74 Å². The third-order valence-corrected chi connectivity index (χ3v) is 5.64. The topological polar surface area (TPSA) is 70.3 Å². The number of ether oxygens (including phenoxy) is 1. The zero-order chi connectivity index (χ0) is 21.3. The predicted octanol–water partition coefficient (Wildman–Crippen LogP) is 3.57. The molecule has 0 bridgehead atoms. The molecule has 2 aromatic carbocycles. The zero-order valence-electron chi connectivity index (χ0n) is 16.6. The first kappa shape index (κ1) is 19.8. The van der Waals surface area contributed by atoms with Crippen molar-refractivity contribution >= 4 is 27.5 Å².